The molecule has 0 atom stereocenters. The Kier molecular flexibility index (Phi) is 6.69. The zero-order valence-corrected chi connectivity index (χ0v) is 18.7. The lowest BCUT2D eigenvalue weighted by Crippen LogP contribution is -2.34. The van der Waals surface area contributed by atoms with Gasteiger partial charge in [0.05, 0.1) is 10.5 Å². The molecule has 0 aromatic heterocycles. The van der Waals surface area contributed by atoms with E-state index in [9.17, 15) is 9.59 Å². The predicted octanol–water partition coefficient (Wildman–Crippen LogP) is 5.34. The molecule has 3 rings (SSSR count). The van der Waals surface area contributed by atoms with E-state index in [1.54, 1.807) is 24.3 Å². The van der Waals surface area contributed by atoms with Crippen LogP contribution < -0.4 is 4.90 Å². The van der Waals surface area contributed by atoms with E-state index >= 15 is 0 Å². The van der Waals surface area contributed by atoms with Crippen molar-refractivity contribution in [1.82, 2.24) is 4.90 Å². The van der Waals surface area contributed by atoms with Crippen molar-refractivity contribution < 1.29 is 9.59 Å². The van der Waals surface area contributed by atoms with Gasteiger partial charge in [-0.1, -0.05) is 48.2 Å². The molecule has 1 heterocycles. The monoisotopic (exact) mass is 474 g/mol. The standard InChI is InChI=1S/C21H19BrN2O2S2/c1-3-23(4-2)15-11-9-14(10-12-15)13-18-20(26)24(21(27)28-18)19(25)16-7-5-6-8-17(16)22/h5-13H,3-4H2,1-2H3. The van der Waals surface area contributed by atoms with Gasteiger partial charge in [-0.2, -0.15) is 0 Å². The minimum atomic E-state index is -0.421. The highest BCUT2D eigenvalue weighted by molar-refractivity contribution is 9.10. The quantitative estimate of drug-likeness (QED) is 0.332. The molecule has 2 amide bonds. The molecule has 0 bridgehead atoms. The molecule has 1 fully saturated rings. The van der Waals surface area contributed by atoms with Gasteiger partial charge in [0.1, 0.15) is 0 Å². The van der Waals surface area contributed by atoms with E-state index in [1.165, 1.54) is 0 Å². The SMILES string of the molecule is CCN(CC)c1ccc(C=C2SC(=S)N(C(=O)c3ccccc3Br)C2=O)cc1. The summed E-state index contributed by atoms with van der Waals surface area (Å²) in [5.41, 5.74) is 2.44. The highest BCUT2D eigenvalue weighted by Crippen LogP contribution is 2.34. The minimum absolute atomic E-state index is 0.247. The molecule has 28 heavy (non-hydrogen) atoms. The molecule has 1 aliphatic heterocycles. The Hall–Kier alpha value is -1.96. The van der Waals surface area contributed by atoms with E-state index in [2.05, 4.69) is 34.7 Å². The number of anilines is 1. The first-order valence-corrected chi connectivity index (χ1v) is 10.9. The molecule has 2 aromatic carbocycles. The van der Waals surface area contributed by atoms with E-state index in [-0.39, 0.29) is 10.2 Å². The summed E-state index contributed by atoms with van der Waals surface area (Å²) >= 11 is 9.80. The van der Waals surface area contributed by atoms with Crippen molar-refractivity contribution in [1.29, 1.82) is 0 Å². The number of carbonyl (C=O) groups excluding carboxylic acids is 2. The Bertz CT molecular complexity index is 953. The summed E-state index contributed by atoms with van der Waals surface area (Å²) < 4.78 is 0.877. The number of thiocarbonyl (C=S) groups is 1. The van der Waals surface area contributed by atoms with Crippen molar-refractivity contribution in [2.45, 2.75) is 13.8 Å². The molecule has 1 saturated heterocycles. The van der Waals surface area contributed by atoms with Crippen LogP contribution in [0.4, 0.5) is 5.69 Å². The Balaban J connectivity index is 1.83. The minimum Gasteiger partial charge on any atom is -0.372 e. The van der Waals surface area contributed by atoms with Crippen molar-refractivity contribution in [3.05, 3.63) is 69.0 Å². The van der Waals surface area contributed by atoms with Crippen molar-refractivity contribution in [2.24, 2.45) is 0 Å². The van der Waals surface area contributed by atoms with Crippen molar-refractivity contribution in [2.75, 3.05) is 18.0 Å². The normalized spacial score (nSPS) is 15.4. The second-order valence-corrected chi connectivity index (χ2v) is 8.60. The van der Waals surface area contributed by atoms with Crippen LogP contribution in [0.5, 0.6) is 0 Å². The van der Waals surface area contributed by atoms with Crippen LogP contribution in [0, 0.1) is 0 Å². The number of imide groups is 1. The Morgan fingerprint density at radius 2 is 1.79 bits per heavy atom. The van der Waals surface area contributed by atoms with Crippen molar-refractivity contribution >= 4 is 67.8 Å². The van der Waals surface area contributed by atoms with E-state index < -0.39 is 5.91 Å². The van der Waals surface area contributed by atoms with Crippen LogP contribution in [-0.4, -0.2) is 34.1 Å². The molecule has 0 saturated carbocycles. The number of nitrogens with zero attached hydrogens (tertiary/aromatic N) is 2. The third kappa shape index (κ3) is 4.21. The molecule has 0 unspecified atom stereocenters. The van der Waals surface area contributed by atoms with Gasteiger partial charge in [-0.25, -0.2) is 4.90 Å². The molecule has 0 N–H and O–H groups in total. The molecule has 0 spiro atoms. The molecule has 7 heteroatoms. The summed E-state index contributed by atoms with van der Waals surface area (Å²) in [5, 5.41) is 0. The summed E-state index contributed by atoms with van der Waals surface area (Å²) in [6, 6.07) is 15.0. The van der Waals surface area contributed by atoms with Crippen LogP contribution >= 0.6 is 39.9 Å². The molecule has 0 aliphatic carbocycles. The largest absolute Gasteiger partial charge is 0.372 e. The number of rotatable bonds is 5. The lowest BCUT2D eigenvalue weighted by molar-refractivity contribution is -0.120. The second-order valence-electron chi connectivity index (χ2n) is 6.07. The molecule has 0 radical (unpaired) electrons. The van der Waals surface area contributed by atoms with Gasteiger partial charge < -0.3 is 4.90 Å². The summed E-state index contributed by atoms with van der Waals surface area (Å²) in [6.07, 6.45) is 1.78. The maximum Gasteiger partial charge on any atom is 0.273 e. The molecule has 4 nitrogen and oxygen atoms in total. The number of benzene rings is 2. The number of hydrogen-bond acceptors (Lipinski definition) is 5. The van der Waals surface area contributed by atoms with Gasteiger partial charge in [0, 0.05) is 23.2 Å². The van der Waals surface area contributed by atoms with Crippen LogP contribution in [0.3, 0.4) is 0 Å². The van der Waals surface area contributed by atoms with Gasteiger partial charge in [0.2, 0.25) is 0 Å². The second kappa shape index (κ2) is 9.03. The average Bonchev–Trinajstić information content (AvgIpc) is 2.97. The summed E-state index contributed by atoms with van der Waals surface area (Å²) in [5.74, 6) is -0.807. The highest BCUT2D eigenvalue weighted by atomic mass is 79.9. The van der Waals surface area contributed by atoms with Crippen LogP contribution in [-0.2, 0) is 4.79 Å². The molecule has 2 aromatic rings. The maximum atomic E-state index is 12.8. The van der Waals surface area contributed by atoms with Crippen LogP contribution in [0.1, 0.15) is 29.8 Å². The van der Waals surface area contributed by atoms with Crippen molar-refractivity contribution in [3.8, 4) is 0 Å². The number of halogens is 1. The van der Waals surface area contributed by atoms with Crippen LogP contribution in [0.15, 0.2) is 57.9 Å². The van der Waals surface area contributed by atoms with E-state index in [4.69, 9.17) is 12.2 Å². The third-order valence-corrected chi connectivity index (χ3v) is 6.41. The average molecular weight is 475 g/mol. The number of amides is 2. The van der Waals surface area contributed by atoms with Gasteiger partial charge in [0.25, 0.3) is 11.8 Å². The molecular formula is C21H19BrN2O2S2. The zero-order chi connectivity index (χ0) is 20.3. The number of thioether (sulfide) groups is 1. The van der Waals surface area contributed by atoms with Gasteiger partial charge in [-0.3, -0.25) is 9.59 Å². The van der Waals surface area contributed by atoms with Gasteiger partial charge >= 0.3 is 0 Å². The zero-order valence-electron chi connectivity index (χ0n) is 15.5. The fourth-order valence-corrected chi connectivity index (χ4v) is 4.63. The molecule has 144 valence electrons. The highest BCUT2D eigenvalue weighted by Gasteiger charge is 2.37. The topological polar surface area (TPSA) is 40.6 Å². The summed E-state index contributed by atoms with van der Waals surface area (Å²) in [7, 11) is 0. The maximum absolute atomic E-state index is 12.8. The first-order valence-electron chi connectivity index (χ1n) is 8.88. The Morgan fingerprint density at radius 1 is 1.14 bits per heavy atom. The van der Waals surface area contributed by atoms with E-state index in [1.807, 2.05) is 30.3 Å². The summed E-state index contributed by atoms with van der Waals surface area (Å²) in [6.45, 7) is 6.10. The first-order chi connectivity index (χ1) is 13.5. The van der Waals surface area contributed by atoms with Gasteiger partial charge in [-0.15, -0.1) is 0 Å². The lowest BCUT2D eigenvalue weighted by atomic mass is 10.1. The van der Waals surface area contributed by atoms with Crippen LogP contribution in [0.2, 0.25) is 0 Å². The number of hydrogen-bond donors (Lipinski definition) is 0. The van der Waals surface area contributed by atoms with Crippen LogP contribution in [0.25, 0.3) is 6.08 Å². The molecule has 1 aliphatic rings. The van der Waals surface area contributed by atoms with Gasteiger partial charge in [-0.05, 0) is 65.7 Å². The van der Waals surface area contributed by atoms with Gasteiger partial charge in [0.15, 0.2) is 4.32 Å². The van der Waals surface area contributed by atoms with Crippen molar-refractivity contribution in [3.63, 3.8) is 0 Å². The number of carbonyl (C=O) groups is 2. The third-order valence-electron chi connectivity index (χ3n) is 4.42. The predicted molar refractivity (Wildman–Crippen MR) is 123 cm³/mol. The Labute approximate surface area is 182 Å². The first kappa shape index (κ1) is 20.8. The fraction of sp³-hybridized carbons (Fsp3) is 0.190. The molecular weight excluding hydrogens is 456 g/mol. The smallest absolute Gasteiger partial charge is 0.273 e. The van der Waals surface area contributed by atoms with E-state index in [0.29, 0.717) is 14.9 Å². The Morgan fingerprint density at radius 3 is 2.39 bits per heavy atom. The lowest BCUT2D eigenvalue weighted by Gasteiger charge is -2.20. The fourth-order valence-electron chi connectivity index (χ4n) is 2.92. The summed E-state index contributed by atoms with van der Waals surface area (Å²) in [4.78, 5) is 29.4. The van der Waals surface area contributed by atoms with E-state index in [0.717, 1.165) is 41.0 Å².